The summed E-state index contributed by atoms with van der Waals surface area (Å²) in [5, 5.41) is 4.74. The first kappa shape index (κ1) is 20.0. The molecule has 0 aliphatic carbocycles. The SMILES string of the molecule is CCc1ccccc1N(CC(=O)Nc1ccc2c(c1)oc1ccccc12)S(C)(=O)=O. The number of fused-ring (bicyclic) bond motifs is 3. The van der Waals surface area contributed by atoms with Gasteiger partial charge in [0.1, 0.15) is 17.7 Å². The van der Waals surface area contributed by atoms with Gasteiger partial charge in [-0.15, -0.1) is 0 Å². The van der Waals surface area contributed by atoms with Crippen LogP contribution in [0.1, 0.15) is 12.5 Å². The first-order valence-corrected chi connectivity index (χ1v) is 11.5. The molecule has 1 aromatic heterocycles. The molecule has 4 rings (SSSR count). The summed E-state index contributed by atoms with van der Waals surface area (Å²) in [6.45, 7) is 1.63. The zero-order chi connectivity index (χ0) is 21.3. The van der Waals surface area contributed by atoms with Gasteiger partial charge in [0.15, 0.2) is 0 Å². The molecule has 0 unspecified atom stereocenters. The lowest BCUT2D eigenvalue weighted by Gasteiger charge is -2.24. The van der Waals surface area contributed by atoms with E-state index in [4.69, 9.17) is 4.42 Å². The molecule has 0 aliphatic heterocycles. The summed E-state index contributed by atoms with van der Waals surface area (Å²) in [6, 6.07) is 20.3. The van der Waals surface area contributed by atoms with Crippen molar-refractivity contribution < 1.29 is 17.6 Å². The zero-order valence-electron chi connectivity index (χ0n) is 16.8. The van der Waals surface area contributed by atoms with Crippen LogP contribution in [0.15, 0.2) is 71.1 Å². The van der Waals surface area contributed by atoms with Gasteiger partial charge in [0.25, 0.3) is 0 Å². The predicted molar refractivity (Wildman–Crippen MR) is 120 cm³/mol. The van der Waals surface area contributed by atoms with Gasteiger partial charge in [0.05, 0.1) is 11.9 Å². The third kappa shape index (κ3) is 3.89. The number of carbonyl (C=O) groups excluding carboxylic acids is 1. The van der Waals surface area contributed by atoms with Crippen LogP contribution in [-0.2, 0) is 21.2 Å². The number of amides is 1. The van der Waals surface area contributed by atoms with Gasteiger partial charge < -0.3 is 9.73 Å². The lowest BCUT2D eigenvalue weighted by Crippen LogP contribution is -2.38. The highest BCUT2D eigenvalue weighted by Gasteiger charge is 2.23. The average Bonchev–Trinajstić information content (AvgIpc) is 3.09. The second-order valence-corrected chi connectivity index (χ2v) is 9.02. The topological polar surface area (TPSA) is 79.6 Å². The normalized spacial score (nSPS) is 11.7. The smallest absolute Gasteiger partial charge is 0.245 e. The minimum absolute atomic E-state index is 0.311. The highest BCUT2D eigenvalue weighted by atomic mass is 32.2. The Morgan fingerprint density at radius 1 is 0.967 bits per heavy atom. The van der Waals surface area contributed by atoms with Gasteiger partial charge in [-0.25, -0.2) is 8.42 Å². The summed E-state index contributed by atoms with van der Waals surface area (Å²) >= 11 is 0. The molecule has 0 aliphatic rings. The van der Waals surface area contributed by atoms with E-state index in [2.05, 4.69) is 5.32 Å². The molecule has 6 nitrogen and oxygen atoms in total. The molecule has 0 bridgehead atoms. The maximum absolute atomic E-state index is 12.7. The van der Waals surface area contributed by atoms with E-state index in [0.717, 1.165) is 32.5 Å². The highest BCUT2D eigenvalue weighted by molar-refractivity contribution is 7.92. The van der Waals surface area contributed by atoms with E-state index in [1.54, 1.807) is 24.3 Å². The van der Waals surface area contributed by atoms with Gasteiger partial charge >= 0.3 is 0 Å². The van der Waals surface area contributed by atoms with Crippen LogP contribution in [0.25, 0.3) is 21.9 Å². The Hall–Kier alpha value is -3.32. The summed E-state index contributed by atoms with van der Waals surface area (Å²) in [5.41, 5.74) is 3.36. The molecule has 1 amide bonds. The van der Waals surface area contributed by atoms with E-state index < -0.39 is 15.9 Å². The van der Waals surface area contributed by atoms with Crippen LogP contribution in [0.4, 0.5) is 11.4 Å². The molecule has 0 radical (unpaired) electrons. The predicted octanol–water partition coefficient (Wildman–Crippen LogP) is 4.55. The molecule has 1 N–H and O–H groups in total. The summed E-state index contributed by atoms with van der Waals surface area (Å²) in [4.78, 5) is 12.7. The number of carbonyl (C=O) groups is 1. The number of nitrogens with one attached hydrogen (secondary N) is 1. The lowest BCUT2D eigenvalue weighted by atomic mass is 10.1. The van der Waals surface area contributed by atoms with Crippen LogP contribution in [0.5, 0.6) is 0 Å². The molecule has 1 heterocycles. The summed E-state index contributed by atoms with van der Waals surface area (Å²) < 4.78 is 31.8. The fraction of sp³-hybridized carbons (Fsp3) is 0.174. The molecule has 30 heavy (non-hydrogen) atoms. The molecule has 154 valence electrons. The maximum atomic E-state index is 12.7. The average molecular weight is 423 g/mol. The molecular formula is C23H22N2O4S. The number of rotatable bonds is 6. The van der Waals surface area contributed by atoms with E-state index in [1.807, 2.05) is 49.4 Å². The maximum Gasteiger partial charge on any atom is 0.245 e. The van der Waals surface area contributed by atoms with Crippen LogP contribution in [0.2, 0.25) is 0 Å². The number of aryl methyl sites for hydroxylation is 1. The van der Waals surface area contributed by atoms with Crippen molar-refractivity contribution in [1.82, 2.24) is 0 Å². The van der Waals surface area contributed by atoms with Crippen LogP contribution < -0.4 is 9.62 Å². The number of para-hydroxylation sites is 2. The van der Waals surface area contributed by atoms with Crippen molar-refractivity contribution in [2.45, 2.75) is 13.3 Å². The second kappa shape index (κ2) is 7.84. The molecule has 3 aromatic carbocycles. The summed E-state index contributed by atoms with van der Waals surface area (Å²) in [6.07, 6.45) is 1.76. The first-order valence-electron chi connectivity index (χ1n) is 9.63. The molecule has 0 spiro atoms. The van der Waals surface area contributed by atoms with Gasteiger partial charge in [-0.2, -0.15) is 0 Å². The van der Waals surface area contributed by atoms with Gasteiger partial charge in [0.2, 0.25) is 15.9 Å². The lowest BCUT2D eigenvalue weighted by molar-refractivity contribution is -0.114. The van der Waals surface area contributed by atoms with Gasteiger partial charge in [-0.3, -0.25) is 9.10 Å². The molecular weight excluding hydrogens is 400 g/mol. The fourth-order valence-corrected chi connectivity index (χ4v) is 4.46. The van der Waals surface area contributed by atoms with E-state index in [1.165, 1.54) is 0 Å². The van der Waals surface area contributed by atoms with Crippen molar-refractivity contribution in [2.75, 3.05) is 22.4 Å². The largest absolute Gasteiger partial charge is 0.456 e. The fourth-order valence-electron chi connectivity index (χ4n) is 3.57. The standard InChI is InChI=1S/C23H22N2O4S/c1-3-16-8-4-6-10-20(16)25(30(2,27)28)15-23(26)24-17-12-13-19-18-9-5-7-11-21(18)29-22(19)14-17/h4-14H,3,15H2,1-2H3,(H,24,26). The Morgan fingerprint density at radius 2 is 1.67 bits per heavy atom. The number of sulfonamides is 1. The third-order valence-electron chi connectivity index (χ3n) is 4.99. The van der Waals surface area contributed by atoms with Crippen molar-refractivity contribution >= 4 is 49.2 Å². The van der Waals surface area contributed by atoms with Crippen LogP contribution in [0.3, 0.4) is 0 Å². The Kier molecular flexibility index (Phi) is 5.22. The number of anilines is 2. The van der Waals surface area contributed by atoms with Crippen LogP contribution in [0, 0.1) is 0 Å². The number of hydrogen-bond donors (Lipinski definition) is 1. The summed E-state index contributed by atoms with van der Waals surface area (Å²) in [7, 11) is -3.64. The van der Waals surface area contributed by atoms with Crippen molar-refractivity contribution in [3.63, 3.8) is 0 Å². The third-order valence-corrected chi connectivity index (χ3v) is 6.12. The van der Waals surface area contributed by atoms with Crippen molar-refractivity contribution in [3.05, 3.63) is 72.3 Å². The second-order valence-electron chi connectivity index (χ2n) is 7.11. The van der Waals surface area contributed by atoms with Crippen molar-refractivity contribution in [1.29, 1.82) is 0 Å². The van der Waals surface area contributed by atoms with E-state index >= 15 is 0 Å². The number of nitrogens with zero attached hydrogens (tertiary/aromatic N) is 1. The molecule has 0 saturated heterocycles. The minimum Gasteiger partial charge on any atom is -0.456 e. The Balaban J connectivity index is 1.60. The van der Waals surface area contributed by atoms with E-state index in [9.17, 15) is 13.2 Å². The van der Waals surface area contributed by atoms with Gasteiger partial charge in [0, 0.05) is 22.5 Å². The molecule has 0 atom stereocenters. The Labute approximate surface area is 175 Å². The highest BCUT2D eigenvalue weighted by Crippen LogP contribution is 2.30. The summed E-state index contributed by atoms with van der Waals surface area (Å²) in [5.74, 6) is -0.429. The van der Waals surface area contributed by atoms with Gasteiger partial charge in [-0.05, 0) is 36.2 Å². The van der Waals surface area contributed by atoms with E-state index in [0.29, 0.717) is 23.4 Å². The molecule has 0 saturated carbocycles. The Bertz CT molecular complexity index is 1340. The van der Waals surface area contributed by atoms with Crippen molar-refractivity contribution in [3.8, 4) is 0 Å². The van der Waals surface area contributed by atoms with Gasteiger partial charge in [-0.1, -0.05) is 43.3 Å². The Morgan fingerprint density at radius 3 is 2.43 bits per heavy atom. The van der Waals surface area contributed by atoms with Crippen LogP contribution in [-0.4, -0.2) is 27.1 Å². The van der Waals surface area contributed by atoms with E-state index in [-0.39, 0.29) is 6.54 Å². The molecule has 0 fully saturated rings. The van der Waals surface area contributed by atoms with Crippen LogP contribution >= 0.6 is 0 Å². The number of benzene rings is 3. The quantitative estimate of drug-likeness (QED) is 0.494. The monoisotopic (exact) mass is 422 g/mol. The molecule has 4 aromatic rings. The first-order chi connectivity index (χ1) is 14.4. The number of furan rings is 1. The number of hydrogen-bond acceptors (Lipinski definition) is 4. The van der Waals surface area contributed by atoms with Crippen molar-refractivity contribution in [2.24, 2.45) is 0 Å². The zero-order valence-corrected chi connectivity index (χ0v) is 17.6. The minimum atomic E-state index is -3.64. The molecule has 7 heteroatoms.